The van der Waals surface area contributed by atoms with Crippen molar-refractivity contribution in [2.24, 2.45) is 0 Å². The van der Waals surface area contributed by atoms with Gasteiger partial charge in [0.2, 0.25) is 0 Å². The molecule has 0 aliphatic carbocycles. The van der Waals surface area contributed by atoms with E-state index in [-0.39, 0.29) is 6.04 Å². The lowest BCUT2D eigenvalue weighted by atomic mass is 10.1. The van der Waals surface area contributed by atoms with Gasteiger partial charge in [-0.05, 0) is 37.6 Å². The number of anilines is 1. The van der Waals surface area contributed by atoms with Crippen molar-refractivity contribution >= 4 is 23.6 Å². The van der Waals surface area contributed by atoms with Crippen molar-refractivity contribution in [3.05, 3.63) is 102 Å². The van der Waals surface area contributed by atoms with Crippen LogP contribution >= 0.6 is 0 Å². The zero-order valence-electron chi connectivity index (χ0n) is 15.6. The fraction of sp³-hybridized carbons (Fsp3) is 0.125. The summed E-state index contributed by atoms with van der Waals surface area (Å²) >= 11 is 0. The molecule has 3 heteroatoms. The number of hydrogen-bond acceptors (Lipinski definition) is 2. The van der Waals surface area contributed by atoms with Gasteiger partial charge in [-0.3, -0.25) is 4.90 Å². The molecule has 3 aromatic carbocycles. The third-order valence-corrected chi connectivity index (χ3v) is 4.10. The Morgan fingerprint density at radius 1 is 0.815 bits per heavy atom. The highest BCUT2D eigenvalue weighted by Gasteiger charge is 2.22. The third-order valence-electron chi connectivity index (χ3n) is 4.10. The molecule has 3 nitrogen and oxygen atoms in total. The van der Waals surface area contributed by atoms with Crippen molar-refractivity contribution in [3.63, 3.8) is 0 Å². The van der Waals surface area contributed by atoms with E-state index < -0.39 is 6.09 Å². The molecule has 0 aliphatic rings. The van der Waals surface area contributed by atoms with E-state index in [1.165, 1.54) is 0 Å². The van der Waals surface area contributed by atoms with Crippen LogP contribution in [0.15, 0.2) is 91.0 Å². The van der Waals surface area contributed by atoms with E-state index in [4.69, 9.17) is 4.74 Å². The van der Waals surface area contributed by atoms with Crippen LogP contribution in [0.5, 0.6) is 0 Å². The normalized spacial score (nSPS) is 11.3. The second-order valence-electron chi connectivity index (χ2n) is 6.45. The zero-order chi connectivity index (χ0) is 19.1. The quantitative estimate of drug-likeness (QED) is 0.400. The highest BCUT2D eigenvalue weighted by molar-refractivity contribution is 5.94. The number of hydrogen-bond donors (Lipinski definition) is 0. The van der Waals surface area contributed by atoms with E-state index >= 15 is 0 Å². The summed E-state index contributed by atoms with van der Waals surface area (Å²) in [5.41, 5.74) is 2.64. The van der Waals surface area contributed by atoms with Gasteiger partial charge < -0.3 is 4.74 Å². The van der Waals surface area contributed by atoms with Gasteiger partial charge in [0.25, 0.3) is 0 Å². The van der Waals surface area contributed by atoms with E-state index in [9.17, 15) is 4.79 Å². The van der Waals surface area contributed by atoms with Gasteiger partial charge in [-0.1, -0.05) is 78.9 Å². The molecule has 0 aliphatic heterocycles. The van der Waals surface area contributed by atoms with Gasteiger partial charge in [-0.2, -0.15) is 0 Å². The van der Waals surface area contributed by atoms with Gasteiger partial charge in [0.1, 0.15) is 5.76 Å². The fourth-order valence-corrected chi connectivity index (χ4v) is 2.82. The number of benzene rings is 3. The predicted molar refractivity (Wildman–Crippen MR) is 111 cm³/mol. The molecule has 136 valence electrons. The first-order valence-corrected chi connectivity index (χ1v) is 9.03. The fourth-order valence-electron chi connectivity index (χ4n) is 2.82. The van der Waals surface area contributed by atoms with Crippen molar-refractivity contribution < 1.29 is 9.53 Å². The molecule has 0 saturated carbocycles. The van der Waals surface area contributed by atoms with Gasteiger partial charge in [0.15, 0.2) is 0 Å². The molecule has 0 atom stereocenters. The SMILES string of the molecule is CC(C)N(C(=O)O/C(=C\c1ccccc1)c1ccccc1)c1ccccc1. The molecule has 0 heterocycles. The van der Waals surface area contributed by atoms with Crippen LogP contribution in [0.4, 0.5) is 10.5 Å². The van der Waals surface area contributed by atoms with Crippen LogP contribution in [0.1, 0.15) is 25.0 Å². The second-order valence-corrected chi connectivity index (χ2v) is 6.45. The predicted octanol–water partition coefficient (Wildman–Crippen LogP) is 6.24. The molecule has 0 saturated heterocycles. The number of rotatable bonds is 5. The first-order valence-electron chi connectivity index (χ1n) is 9.03. The Morgan fingerprint density at radius 3 is 1.89 bits per heavy atom. The number of carbonyl (C=O) groups excluding carboxylic acids is 1. The maximum Gasteiger partial charge on any atom is 0.420 e. The minimum absolute atomic E-state index is 0.0337. The lowest BCUT2D eigenvalue weighted by molar-refractivity contribution is 0.198. The first-order chi connectivity index (χ1) is 13.1. The summed E-state index contributed by atoms with van der Waals surface area (Å²) < 4.78 is 5.87. The van der Waals surface area contributed by atoms with Gasteiger partial charge in [-0.25, -0.2) is 4.79 Å². The summed E-state index contributed by atoms with van der Waals surface area (Å²) in [6.07, 6.45) is 1.48. The molecule has 0 bridgehead atoms. The molecule has 3 rings (SSSR count). The minimum atomic E-state index is -0.401. The van der Waals surface area contributed by atoms with Gasteiger partial charge in [-0.15, -0.1) is 0 Å². The number of nitrogens with zero attached hydrogens (tertiary/aromatic N) is 1. The summed E-state index contributed by atoms with van der Waals surface area (Å²) in [5.74, 6) is 0.522. The largest absolute Gasteiger partial charge is 0.420 e. The van der Waals surface area contributed by atoms with E-state index in [1.54, 1.807) is 4.90 Å². The minimum Gasteiger partial charge on any atom is -0.409 e. The molecular formula is C24H23NO2. The third kappa shape index (κ3) is 4.85. The van der Waals surface area contributed by atoms with Crippen LogP contribution < -0.4 is 4.90 Å². The van der Waals surface area contributed by atoms with Crippen molar-refractivity contribution in [2.45, 2.75) is 19.9 Å². The summed E-state index contributed by atoms with van der Waals surface area (Å²) in [7, 11) is 0. The smallest absolute Gasteiger partial charge is 0.409 e. The Morgan fingerprint density at radius 2 is 1.33 bits per heavy atom. The highest BCUT2D eigenvalue weighted by Crippen LogP contribution is 2.24. The van der Waals surface area contributed by atoms with E-state index in [0.717, 1.165) is 16.8 Å². The van der Waals surface area contributed by atoms with Crippen LogP contribution in [-0.2, 0) is 4.74 Å². The molecule has 1 amide bonds. The van der Waals surface area contributed by atoms with Crippen LogP contribution in [0.2, 0.25) is 0 Å². The summed E-state index contributed by atoms with van der Waals surface area (Å²) in [6.45, 7) is 3.94. The number of ether oxygens (including phenoxy) is 1. The Hall–Kier alpha value is -3.33. The standard InChI is InChI=1S/C24H23NO2/c1-19(2)25(22-16-10-5-11-17-22)24(26)27-23(21-14-8-4-9-15-21)18-20-12-6-3-7-13-20/h3-19H,1-2H3/b23-18-. The Labute approximate surface area is 160 Å². The lowest BCUT2D eigenvalue weighted by Gasteiger charge is -2.26. The zero-order valence-corrected chi connectivity index (χ0v) is 15.6. The molecule has 0 fully saturated rings. The molecule has 0 aromatic heterocycles. The summed E-state index contributed by atoms with van der Waals surface area (Å²) in [4.78, 5) is 14.7. The summed E-state index contributed by atoms with van der Waals surface area (Å²) in [5, 5.41) is 0. The van der Waals surface area contributed by atoms with Crippen LogP contribution in [0.25, 0.3) is 11.8 Å². The van der Waals surface area contributed by atoms with Crippen molar-refractivity contribution in [1.29, 1.82) is 0 Å². The van der Waals surface area contributed by atoms with Gasteiger partial charge in [0.05, 0.1) is 0 Å². The molecular weight excluding hydrogens is 334 g/mol. The molecule has 0 unspecified atom stereocenters. The lowest BCUT2D eigenvalue weighted by Crippen LogP contribution is -2.37. The molecule has 0 N–H and O–H groups in total. The number of carbonyl (C=O) groups is 1. The van der Waals surface area contributed by atoms with Crippen molar-refractivity contribution in [3.8, 4) is 0 Å². The molecule has 0 radical (unpaired) electrons. The van der Waals surface area contributed by atoms with Crippen LogP contribution in [0.3, 0.4) is 0 Å². The number of para-hydroxylation sites is 1. The Balaban J connectivity index is 1.94. The Kier molecular flexibility index (Phi) is 6.06. The summed E-state index contributed by atoms with van der Waals surface area (Å²) in [6, 6.07) is 29.0. The monoisotopic (exact) mass is 357 g/mol. The highest BCUT2D eigenvalue weighted by atomic mass is 16.6. The molecule has 3 aromatic rings. The van der Waals surface area contributed by atoms with Crippen molar-refractivity contribution in [2.75, 3.05) is 4.90 Å². The topological polar surface area (TPSA) is 29.5 Å². The average molecular weight is 357 g/mol. The van der Waals surface area contributed by atoms with E-state index in [2.05, 4.69) is 0 Å². The van der Waals surface area contributed by atoms with Gasteiger partial charge >= 0.3 is 6.09 Å². The van der Waals surface area contributed by atoms with Crippen LogP contribution in [0, 0.1) is 0 Å². The first kappa shape index (κ1) is 18.5. The van der Waals surface area contributed by atoms with Crippen LogP contribution in [-0.4, -0.2) is 12.1 Å². The average Bonchev–Trinajstić information content (AvgIpc) is 2.69. The number of amides is 1. The maximum atomic E-state index is 13.0. The van der Waals surface area contributed by atoms with E-state index in [0.29, 0.717) is 5.76 Å². The molecule has 27 heavy (non-hydrogen) atoms. The van der Waals surface area contributed by atoms with E-state index in [1.807, 2.05) is 111 Å². The van der Waals surface area contributed by atoms with Gasteiger partial charge in [0, 0.05) is 17.3 Å². The maximum absolute atomic E-state index is 13.0. The second kappa shape index (κ2) is 8.86. The molecule has 0 spiro atoms. The Bertz CT molecular complexity index is 887. The van der Waals surface area contributed by atoms with Crippen molar-refractivity contribution in [1.82, 2.24) is 0 Å².